The van der Waals surface area contributed by atoms with Gasteiger partial charge in [-0.1, -0.05) is 12.1 Å². The summed E-state index contributed by atoms with van der Waals surface area (Å²) in [6, 6.07) is 9.03. The SMILES string of the molecule is NSOCC1CCC(Nc2nccc(N=C(N)c3cccc(OCl)c3)n2)C1. The molecule has 5 N–H and O–H groups in total. The van der Waals surface area contributed by atoms with Crippen molar-refractivity contribution in [3.8, 4) is 5.75 Å². The largest absolute Gasteiger partial charge is 0.386 e. The molecule has 144 valence electrons. The van der Waals surface area contributed by atoms with Crippen molar-refractivity contribution in [2.24, 2.45) is 21.8 Å². The predicted octanol–water partition coefficient (Wildman–Crippen LogP) is 3.17. The predicted molar refractivity (Wildman–Crippen MR) is 108 cm³/mol. The van der Waals surface area contributed by atoms with Crippen LogP contribution in [0.25, 0.3) is 0 Å². The fourth-order valence-corrected chi connectivity index (χ4v) is 3.41. The van der Waals surface area contributed by atoms with Crippen molar-refractivity contribution in [2.75, 3.05) is 11.9 Å². The van der Waals surface area contributed by atoms with E-state index in [-0.39, 0.29) is 0 Å². The van der Waals surface area contributed by atoms with Crippen molar-refractivity contribution < 1.29 is 8.47 Å². The number of nitrogens with two attached hydrogens (primary N) is 2. The van der Waals surface area contributed by atoms with Crippen LogP contribution in [0.2, 0.25) is 0 Å². The molecule has 2 atom stereocenters. The summed E-state index contributed by atoms with van der Waals surface area (Å²) in [5.74, 6) is 2.30. The summed E-state index contributed by atoms with van der Waals surface area (Å²) in [5, 5.41) is 8.66. The first-order valence-electron chi connectivity index (χ1n) is 8.49. The smallest absolute Gasteiger partial charge is 0.224 e. The zero-order chi connectivity index (χ0) is 19.1. The number of aliphatic imine (C=N–C) groups is 1. The van der Waals surface area contributed by atoms with Crippen LogP contribution in [0, 0.1) is 5.92 Å². The van der Waals surface area contributed by atoms with Gasteiger partial charge in [-0.2, -0.15) is 4.98 Å². The maximum Gasteiger partial charge on any atom is 0.224 e. The number of hydrogen-bond acceptors (Lipinski definition) is 8. The highest BCUT2D eigenvalue weighted by Gasteiger charge is 2.25. The number of halogens is 1. The molecule has 1 aliphatic rings. The normalized spacial score (nSPS) is 19.9. The van der Waals surface area contributed by atoms with E-state index in [1.54, 1.807) is 30.5 Å². The van der Waals surface area contributed by atoms with E-state index in [0.717, 1.165) is 31.5 Å². The Balaban J connectivity index is 1.65. The molecule has 1 heterocycles. The minimum atomic E-state index is 0.301. The molecule has 1 aromatic carbocycles. The average Bonchev–Trinajstić information content (AvgIpc) is 3.14. The molecule has 3 rings (SSSR count). The standard InChI is InChI=1S/C17H21ClN6O2S/c18-26-14-3-1-2-12(9-14)16(19)23-15-6-7-21-17(24-15)22-13-5-4-11(8-13)10-25-27-20/h1-3,6-7,9,11,13H,4-5,8,10,20H2,(H3,19,21,22,23,24). The molecule has 8 nitrogen and oxygen atoms in total. The molecule has 27 heavy (non-hydrogen) atoms. The third kappa shape index (κ3) is 5.70. The van der Waals surface area contributed by atoms with Crippen LogP contribution in [-0.2, 0) is 4.18 Å². The second kappa shape index (κ2) is 9.75. The number of nitrogens with zero attached hydrogens (tertiary/aromatic N) is 3. The lowest BCUT2D eigenvalue weighted by molar-refractivity contribution is 0.290. The minimum Gasteiger partial charge on any atom is -0.386 e. The molecule has 0 bridgehead atoms. The Hall–Kier alpha value is -2.07. The highest BCUT2D eigenvalue weighted by molar-refractivity contribution is 7.92. The molecule has 0 saturated heterocycles. The number of benzene rings is 1. The van der Waals surface area contributed by atoms with Crippen molar-refractivity contribution in [2.45, 2.75) is 25.3 Å². The van der Waals surface area contributed by atoms with Gasteiger partial charge in [0.15, 0.2) is 5.82 Å². The Morgan fingerprint density at radius 1 is 1.37 bits per heavy atom. The van der Waals surface area contributed by atoms with E-state index in [1.165, 1.54) is 0 Å². The second-order valence-electron chi connectivity index (χ2n) is 6.24. The van der Waals surface area contributed by atoms with E-state index < -0.39 is 0 Å². The maximum absolute atomic E-state index is 6.07. The molecule has 0 aliphatic heterocycles. The van der Waals surface area contributed by atoms with Gasteiger partial charge in [-0.05, 0) is 37.3 Å². The van der Waals surface area contributed by atoms with E-state index in [1.807, 2.05) is 6.07 Å². The van der Waals surface area contributed by atoms with Crippen molar-refractivity contribution >= 4 is 41.7 Å². The zero-order valence-electron chi connectivity index (χ0n) is 14.5. The first-order chi connectivity index (χ1) is 13.2. The van der Waals surface area contributed by atoms with Crippen molar-refractivity contribution in [3.63, 3.8) is 0 Å². The van der Waals surface area contributed by atoms with Crippen LogP contribution in [0.1, 0.15) is 24.8 Å². The highest BCUT2D eigenvalue weighted by Crippen LogP contribution is 2.28. The summed E-state index contributed by atoms with van der Waals surface area (Å²) < 4.78 is 9.91. The van der Waals surface area contributed by atoms with Crippen LogP contribution in [0.5, 0.6) is 5.75 Å². The van der Waals surface area contributed by atoms with E-state index in [2.05, 4.69) is 20.3 Å². The Morgan fingerprint density at radius 2 is 2.26 bits per heavy atom. The van der Waals surface area contributed by atoms with Crippen LogP contribution in [0.3, 0.4) is 0 Å². The summed E-state index contributed by atoms with van der Waals surface area (Å²) >= 11 is 6.29. The Morgan fingerprint density at radius 3 is 3.07 bits per heavy atom. The van der Waals surface area contributed by atoms with E-state index >= 15 is 0 Å². The summed E-state index contributed by atoms with van der Waals surface area (Å²) in [6.45, 7) is 0.659. The van der Waals surface area contributed by atoms with Crippen LogP contribution < -0.4 is 20.5 Å². The third-order valence-corrected chi connectivity index (χ3v) is 4.79. The molecule has 0 radical (unpaired) electrons. The fraction of sp³-hybridized carbons (Fsp3) is 0.353. The average molecular weight is 409 g/mol. The molecular weight excluding hydrogens is 388 g/mol. The monoisotopic (exact) mass is 408 g/mol. The number of anilines is 1. The van der Waals surface area contributed by atoms with Crippen molar-refractivity contribution in [1.29, 1.82) is 0 Å². The lowest BCUT2D eigenvalue weighted by Gasteiger charge is -2.13. The van der Waals surface area contributed by atoms with Crippen molar-refractivity contribution in [1.82, 2.24) is 9.97 Å². The molecule has 0 spiro atoms. The molecule has 1 saturated carbocycles. The molecule has 10 heteroatoms. The van der Waals surface area contributed by atoms with Gasteiger partial charge in [-0.25, -0.2) is 9.98 Å². The Bertz CT molecular complexity index is 794. The van der Waals surface area contributed by atoms with Gasteiger partial charge in [-0.15, -0.1) is 0 Å². The van der Waals surface area contributed by atoms with Gasteiger partial charge < -0.3 is 19.5 Å². The Labute approximate surface area is 167 Å². The summed E-state index contributed by atoms with van der Waals surface area (Å²) in [7, 11) is 0. The minimum absolute atomic E-state index is 0.301. The molecule has 2 aromatic rings. The van der Waals surface area contributed by atoms with Gasteiger partial charge >= 0.3 is 0 Å². The van der Waals surface area contributed by atoms with E-state index in [0.29, 0.717) is 47.5 Å². The molecular formula is C17H21ClN6O2S. The lowest BCUT2D eigenvalue weighted by Crippen LogP contribution is -2.18. The lowest BCUT2D eigenvalue weighted by atomic mass is 10.1. The van der Waals surface area contributed by atoms with Crippen LogP contribution in [0.4, 0.5) is 11.8 Å². The van der Waals surface area contributed by atoms with Gasteiger partial charge in [0, 0.05) is 23.9 Å². The molecule has 0 amide bonds. The number of nitrogens with one attached hydrogen (secondary N) is 1. The highest BCUT2D eigenvalue weighted by atomic mass is 35.5. The fourth-order valence-electron chi connectivity index (χ4n) is 3.05. The first kappa shape index (κ1) is 19.7. The zero-order valence-corrected chi connectivity index (χ0v) is 16.1. The van der Waals surface area contributed by atoms with E-state index in [9.17, 15) is 0 Å². The van der Waals surface area contributed by atoms with Crippen LogP contribution in [0.15, 0.2) is 41.5 Å². The van der Waals surface area contributed by atoms with Gasteiger partial charge in [0.25, 0.3) is 0 Å². The number of rotatable bonds is 8. The van der Waals surface area contributed by atoms with Crippen molar-refractivity contribution in [3.05, 3.63) is 42.1 Å². The molecule has 1 fully saturated rings. The van der Waals surface area contributed by atoms with Gasteiger partial charge in [0.05, 0.1) is 18.8 Å². The molecule has 2 unspecified atom stereocenters. The summed E-state index contributed by atoms with van der Waals surface area (Å²) in [5.41, 5.74) is 6.77. The first-order valence-corrected chi connectivity index (χ1v) is 9.60. The quantitative estimate of drug-likeness (QED) is 0.263. The van der Waals surface area contributed by atoms with E-state index in [4.69, 9.17) is 31.2 Å². The summed E-state index contributed by atoms with van der Waals surface area (Å²) in [6.07, 6.45) is 4.76. The summed E-state index contributed by atoms with van der Waals surface area (Å²) in [4.78, 5) is 13.1. The Kier molecular flexibility index (Phi) is 7.11. The van der Waals surface area contributed by atoms with Gasteiger partial charge in [0.2, 0.25) is 5.95 Å². The topological polar surface area (TPSA) is 121 Å². The third-order valence-electron chi connectivity index (χ3n) is 4.34. The number of hydrogen-bond donors (Lipinski definition) is 3. The van der Waals surface area contributed by atoms with Crippen LogP contribution >= 0.6 is 24.1 Å². The van der Waals surface area contributed by atoms with Gasteiger partial charge in [0.1, 0.15) is 23.5 Å². The molecule has 1 aromatic heterocycles. The maximum atomic E-state index is 6.07. The van der Waals surface area contributed by atoms with Gasteiger partial charge in [-0.3, -0.25) is 5.14 Å². The second-order valence-corrected chi connectivity index (χ2v) is 6.82. The molecule has 1 aliphatic carbocycles. The number of aromatic nitrogens is 2. The number of amidine groups is 1. The van der Waals surface area contributed by atoms with Crippen LogP contribution in [-0.4, -0.2) is 28.5 Å².